The van der Waals surface area contributed by atoms with Crippen molar-refractivity contribution in [2.45, 2.75) is 5.41 Å². The molecule has 1 aromatic heterocycles. The molecule has 13 rings (SSSR count). The van der Waals surface area contributed by atoms with E-state index in [2.05, 4.69) is 205 Å². The van der Waals surface area contributed by atoms with Gasteiger partial charge in [0.1, 0.15) is 0 Å². The predicted molar refractivity (Wildman–Crippen MR) is 240 cm³/mol. The molecule has 0 amide bonds. The lowest BCUT2D eigenvalue weighted by Crippen LogP contribution is -2.23. The maximum absolute atomic E-state index is 2.50. The van der Waals surface area contributed by atoms with Crippen molar-refractivity contribution in [1.82, 2.24) is 0 Å². The van der Waals surface area contributed by atoms with Gasteiger partial charge in [-0.3, -0.25) is 0 Å². The van der Waals surface area contributed by atoms with Crippen molar-refractivity contribution in [3.05, 3.63) is 222 Å². The molecule has 0 saturated carbocycles. The van der Waals surface area contributed by atoms with Crippen LogP contribution in [-0.4, -0.2) is 0 Å². The third-order valence-electron chi connectivity index (χ3n) is 12.8. The van der Waals surface area contributed by atoms with E-state index in [1.165, 1.54) is 104 Å². The molecule has 0 radical (unpaired) electrons. The Labute approximate surface area is 335 Å². The lowest BCUT2D eigenvalue weighted by molar-refractivity contribution is 0.818. The lowest BCUT2D eigenvalue weighted by atomic mass is 9.73. The van der Waals surface area contributed by atoms with Gasteiger partial charge in [-0.25, -0.2) is 0 Å². The molecule has 10 aromatic rings. The second-order valence-electron chi connectivity index (χ2n) is 15.6. The highest BCUT2D eigenvalue weighted by Crippen LogP contribution is 2.70. The molecule has 1 unspecified atom stereocenters. The molecule has 0 saturated heterocycles. The first-order chi connectivity index (χ1) is 28.3. The van der Waals surface area contributed by atoms with Gasteiger partial charge in [0.25, 0.3) is 0 Å². The van der Waals surface area contributed by atoms with Gasteiger partial charge in [0.2, 0.25) is 0 Å². The Balaban J connectivity index is 0.966. The van der Waals surface area contributed by atoms with Crippen molar-refractivity contribution in [2.75, 3.05) is 4.90 Å². The van der Waals surface area contributed by atoms with Gasteiger partial charge < -0.3 is 4.90 Å². The molecule has 3 aliphatic carbocycles. The number of fused-ring (bicyclic) bond motifs is 8. The Hall–Kier alpha value is -7.00. The standard InChI is InChI=1S/C55H33NS/c1-2-11-34(12-3-1)35-23-28-38(29-24-35)56(49-20-10-22-51-52(49)46-14-5-7-21-50(46)57-51)39-30-25-36(26-31-39)37-27-32-41-43-16-9-18-45-44-17-8-15-42-40-13-4-6-19-47(40)55(53(42)44,54(43)45)48(41)33-37/h1-33H. The summed E-state index contributed by atoms with van der Waals surface area (Å²) in [5.41, 5.74) is 22.0. The maximum Gasteiger partial charge on any atom is 0.0737 e. The van der Waals surface area contributed by atoms with Crippen molar-refractivity contribution < 1.29 is 0 Å². The summed E-state index contributed by atoms with van der Waals surface area (Å²) in [7, 11) is 0. The second kappa shape index (κ2) is 11.5. The topological polar surface area (TPSA) is 3.24 Å². The molecule has 1 nitrogen and oxygen atoms in total. The number of nitrogens with zero attached hydrogens (tertiary/aromatic N) is 1. The molecule has 264 valence electrons. The van der Waals surface area contributed by atoms with Crippen molar-refractivity contribution >= 4 is 48.6 Å². The molecule has 1 heterocycles. The first-order valence-electron chi connectivity index (χ1n) is 19.8. The fraction of sp³-hybridized carbons (Fsp3) is 0.0182. The number of hydrogen-bond donors (Lipinski definition) is 0. The van der Waals surface area contributed by atoms with E-state index in [9.17, 15) is 0 Å². The molecule has 1 atom stereocenters. The van der Waals surface area contributed by atoms with Crippen LogP contribution in [-0.2, 0) is 5.41 Å². The lowest BCUT2D eigenvalue weighted by Gasteiger charge is -2.28. The molecule has 0 bridgehead atoms. The third-order valence-corrected chi connectivity index (χ3v) is 14.0. The van der Waals surface area contributed by atoms with E-state index in [-0.39, 0.29) is 5.41 Å². The van der Waals surface area contributed by atoms with Crippen molar-refractivity contribution in [2.24, 2.45) is 0 Å². The van der Waals surface area contributed by atoms with Crippen LogP contribution in [0.1, 0.15) is 22.3 Å². The van der Waals surface area contributed by atoms with Crippen molar-refractivity contribution in [3.8, 4) is 55.6 Å². The Morgan fingerprint density at radius 1 is 0.351 bits per heavy atom. The average molecular weight is 740 g/mol. The van der Waals surface area contributed by atoms with Gasteiger partial charge in [-0.15, -0.1) is 11.3 Å². The summed E-state index contributed by atoms with van der Waals surface area (Å²) in [5.74, 6) is 0. The predicted octanol–water partition coefficient (Wildman–Crippen LogP) is 15.2. The van der Waals surface area contributed by atoms with Crippen LogP contribution in [0.5, 0.6) is 0 Å². The highest BCUT2D eigenvalue weighted by atomic mass is 32.1. The van der Waals surface area contributed by atoms with E-state index in [0.717, 1.165) is 11.4 Å². The second-order valence-corrected chi connectivity index (χ2v) is 16.6. The molecule has 0 aliphatic heterocycles. The fourth-order valence-electron chi connectivity index (χ4n) is 10.5. The number of rotatable bonds is 5. The molecule has 0 fully saturated rings. The van der Waals surface area contributed by atoms with Gasteiger partial charge in [-0.1, -0.05) is 152 Å². The Morgan fingerprint density at radius 3 is 1.58 bits per heavy atom. The van der Waals surface area contributed by atoms with E-state index in [4.69, 9.17) is 0 Å². The largest absolute Gasteiger partial charge is 0.310 e. The summed E-state index contributed by atoms with van der Waals surface area (Å²) in [6, 6.07) is 74.6. The normalized spacial score (nSPS) is 15.1. The molecular formula is C55H33NS. The summed E-state index contributed by atoms with van der Waals surface area (Å²) >= 11 is 1.86. The van der Waals surface area contributed by atoms with Crippen LogP contribution in [0.15, 0.2) is 200 Å². The van der Waals surface area contributed by atoms with Crippen LogP contribution in [0.2, 0.25) is 0 Å². The molecule has 9 aromatic carbocycles. The zero-order valence-corrected chi connectivity index (χ0v) is 31.7. The minimum Gasteiger partial charge on any atom is -0.310 e. The molecule has 2 heteroatoms. The monoisotopic (exact) mass is 739 g/mol. The fourth-order valence-corrected chi connectivity index (χ4v) is 11.7. The van der Waals surface area contributed by atoms with Crippen LogP contribution >= 0.6 is 11.3 Å². The van der Waals surface area contributed by atoms with Gasteiger partial charge in [0, 0.05) is 31.5 Å². The molecular weight excluding hydrogens is 707 g/mol. The molecule has 3 aliphatic rings. The van der Waals surface area contributed by atoms with E-state index in [0.29, 0.717) is 0 Å². The van der Waals surface area contributed by atoms with E-state index < -0.39 is 0 Å². The van der Waals surface area contributed by atoms with Crippen molar-refractivity contribution in [3.63, 3.8) is 0 Å². The van der Waals surface area contributed by atoms with Crippen LogP contribution in [0.4, 0.5) is 17.1 Å². The van der Waals surface area contributed by atoms with E-state index in [1.807, 2.05) is 11.3 Å². The summed E-state index contributed by atoms with van der Waals surface area (Å²) < 4.78 is 2.60. The number of anilines is 3. The Bertz CT molecular complexity index is 3250. The zero-order chi connectivity index (χ0) is 37.2. The molecule has 0 N–H and O–H groups in total. The summed E-state index contributed by atoms with van der Waals surface area (Å²) in [6.45, 7) is 0. The number of benzene rings is 9. The van der Waals surface area contributed by atoms with Gasteiger partial charge in [0.15, 0.2) is 0 Å². The average Bonchev–Trinajstić information content (AvgIpc) is 4.00. The van der Waals surface area contributed by atoms with Crippen LogP contribution < -0.4 is 4.90 Å². The summed E-state index contributed by atoms with van der Waals surface area (Å²) in [5, 5.41) is 2.58. The third kappa shape index (κ3) is 4.12. The first kappa shape index (κ1) is 31.2. The molecule has 57 heavy (non-hydrogen) atoms. The molecule has 1 spiro atoms. The van der Waals surface area contributed by atoms with E-state index >= 15 is 0 Å². The van der Waals surface area contributed by atoms with Gasteiger partial charge in [-0.2, -0.15) is 0 Å². The number of thiophene rings is 1. The van der Waals surface area contributed by atoms with Crippen LogP contribution in [0.3, 0.4) is 0 Å². The van der Waals surface area contributed by atoms with Crippen LogP contribution in [0, 0.1) is 0 Å². The highest BCUT2D eigenvalue weighted by molar-refractivity contribution is 7.26. The summed E-state index contributed by atoms with van der Waals surface area (Å²) in [6.07, 6.45) is 0. The minimum atomic E-state index is -0.287. The first-order valence-corrected chi connectivity index (χ1v) is 20.6. The smallest absolute Gasteiger partial charge is 0.0737 e. The van der Waals surface area contributed by atoms with Gasteiger partial charge >= 0.3 is 0 Å². The zero-order valence-electron chi connectivity index (χ0n) is 30.9. The number of hydrogen-bond acceptors (Lipinski definition) is 2. The highest BCUT2D eigenvalue weighted by Gasteiger charge is 2.57. The van der Waals surface area contributed by atoms with Gasteiger partial charge in [0.05, 0.1) is 11.1 Å². The van der Waals surface area contributed by atoms with Gasteiger partial charge in [-0.05, 0) is 126 Å². The SMILES string of the molecule is c1ccc(-c2ccc(N(c3ccc(-c4ccc5c(c4)C46c7ccccc7-c7cccc(c74)-c4cccc-5c46)cc3)c3cccc4sc5ccccc5c34)cc2)cc1. The van der Waals surface area contributed by atoms with Crippen molar-refractivity contribution in [1.29, 1.82) is 0 Å². The Kier molecular flexibility index (Phi) is 6.31. The van der Waals surface area contributed by atoms with Crippen LogP contribution in [0.25, 0.3) is 75.8 Å². The quantitative estimate of drug-likeness (QED) is 0.170. The minimum absolute atomic E-state index is 0.287. The maximum atomic E-state index is 2.50. The Morgan fingerprint density at radius 2 is 0.860 bits per heavy atom. The van der Waals surface area contributed by atoms with E-state index in [1.54, 1.807) is 0 Å². The summed E-state index contributed by atoms with van der Waals surface area (Å²) in [4.78, 5) is 2.44.